The summed E-state index contributed by atoms with van der Waals surface area (Å²) in [6.07, 6.45) is 1.63. The van der Waals surface area contributed by atoms with Crippen LogP contribution in [0.2, 0.25) is 0 Å². The highest BCUT2D eigenvalue weighted by Crippen LogP contribution is 2.22. The molecule has 0 aliphatic rings. The zero-order valence-corrected chi connectivity index (χ0v) is 6.11. The molecule has 2 nitrogen and oxygen atoms in total. The minimum atomic E-state index is -2.38. The lowest BCUT2D eigenvalue weighted by atomic mass is 10.7. The lowest BCUT2D eigenvalue weighted by molar-refractivity contribution is 0.252. The lowest BCUT2D eigenvalue weighted by Gasteiger charge is -1.91. The average Bonchev–Trinajstić information content (AvgIpc) is 2.13. The van der Waals surface area contributed by atoms with Crippen LogP contribution < -0.4 is 0 Å². The van der Waals surface area contributed by atoms with Gasteiger partial charge in [0.05, 0.1) is 0 Å². The standard InChI is InChI=1S/C5H6F2N2S/c1-9-3-2-4(8-9)10-5(6)7/h2-3,5H,1H3. The highest BCUT2D eigenvalue weighted by atomic mass is 32.2. The van der Waals surface area contributed by atoms with Crippen molar-refractivity contribution in [3.8, 4) is 0 Å². The number of thioether (sulfide) groups is 1. The van der Waals surface area contributed by atoms with Crippen molar-refractivity contribution in [3.63, 3.8) is 0 Å². The fourth-order valence-electron chi connectivity index (χ4n) is 0.548. The molecule has 0 saturated carbocycles. The Labute approximate surface area is 61.2 Å². The summed E-state index contributed by atoms with van der Waals surface area (Å²) in [6, 6.07) is 1.55. The summed E-state index contributed by atoms with van der Waals surface area (Å²) < 4.78 is 24.8. The molecule has 0 aliphatic carbocycles. The van der Waals surface area contributed by atoms with Crippen molar-refractivity contribution >= 4 is 11.8 Å². The summed E-state index contributed by atoms with van der Waals surface area (Å²) in [5.74, 6) is -2.38. The SMILES string of the molecule is Cn1ccc(SC(F)F)n1. The van der Waals surface area contributed by atoms with Gasteiger partial charge in [-0.15, -0.1) is 0 Å². The maximum absolute atomic E-state index is 11.6. The molecule has 0 atom stereocenters. The number of nitrogens with zero attached hydrogens (tertiary/aromatic N) is 2. The first kappa shape index (κ1) is 7.53. The van der Waals surface area contributed by atoms with E-state index in [0.29, 0.717) is 16.8 Å². The molecule has 5 heteroatoms. The van der Waals surface area contributed by atoms with Crippen molar-refractivity contribution in [1.29, 1.82) is 0 Å². The van der Waals surface area contributed by atoms with Crippen molar-refractivity contribution < 1.29 is 8.78 Å². The maximum Gasteiger partial charge on any atom is 0.290 e. The molecule has 0 aliphatic heterocycles. The molecular formula is C5H6F2N2S. The Kier molecular flexibility index (Phi) is 2.26. The average molecular weight is 164 g/mol. The van der Waals surface area contributed by atoms with Gasteiger partial charge in [0.2, 0.25) is 0 Å². The lowest BCUT2D eigenvalue weighted by Crippen LogP contribution is -1.88. The third-order valence-electron chi connectivity index (χ3n) is 0.899. The van der Waals surface area contributed by atoms with Crippen LogP contribution in [-0.2, 0) is 7.05 Å². The molecular weight excluding hydrogens is 158 g/mol. The summed E-state index contributed by atoms with van der Waals surface area (Å²) in [7, 11) is 1.69. The minimum Gasteiger partial charge on any atom is -0.275 e. The molecule has 56 valence electrons. The summed E-state index contributed by atoms with van der Waals surface area (Å²) in [6.45, 7) is 0. The Morgan fingerprint density at radius 3 is 2.80 bits per heavy atom. The fraction of sp³-hybridized carbons (Fsp3) is 0.400. The Bertz CT molecular complexity index is 211. The predicted octanol–water partition coefficient (Wildman–Crippen LogP) is 1.73. The molecule has 0 unspecified atom stereocenters. The summed E-state index contributed by atoms with van der Waals surface area (Å²) in [4.78, 5) is 0. The van der Waals surface area contributed by atoms with E-state index in [2.05, 4.69) is 5.10 Å². The molecule has 0 bridgehead atoms. The van der Waals surface area contributed by atoms with Gasteiger partial charge in [0.15, 0.2) is 0 Å². The number of rotatable bonds is 2. The Morgan fingerprint density at radius 1 is 1.70 bits per heavy atom. The van der Waals surface area contributed by atoms with E-state index in [1.165, 1.54) is 4.68 Å². The quantitative estimate of drug-likeness (QED) is 0.619. The van der Waals surface area contributed by atoms with E-state index in [9.17, 15) is 8.78 Å². The Morgan fingerprint density at radius 2 is 2.40 bits per heavy atom. The first-order valence-corrected chi connectivity index (χ1v) is 3.51. The van der Waals surface area contributed by atoms with Gasteiger partial charge >= 0.3 is 0 Å². The molecule has 0 spiro atoms. The normalized spacial score (nSPS) is 10.8. The Hall–Kier alpha value is -0.580. The monoisotopic (exact) mass is 164 g/mol. The van der Waals surface area contributed by atoms with Gasteiger partial charge in [0, 0.05) is 13.2 Å². The van der Waals surface area contributed by atoms with Crippen molar-refractivity contribution in [1.82, 2.24) is 9.78 Å². The van der Waals surface area contributed by atoms with Crippen LogP contribution in [0, 0.1) is 0 Å². The topological polar surface area (TPSA) is 17.8 Å². The van der Waals surface area contributed by atoms with E-state index in [1.807, 2.05) is 0 Å². The van der Waals surface area contributed by atoms with Gasteiger partial charge in [0.1, 0.15) is 5.03 Å². The van der Waals surface area contributed by atoms with Crippen LogP contribution in [0.5, 0.6) is 0 Å². The van der Waals surface area contributed by atoms with Crippen LogP contribution in [0.3, 0.4) is 0 Å². The van der Waals surface area contributed by atoms with Gasteiger partial charge in [-0.25, -0.2) is 0 Å². The highest BCUT2D eigenvalue weighted by molar-refractivity contribution is 7.99. The summed E-state index contributed by atoms with van der Waals surface area (Å²) in [5, 5.41) is 4.11. The molecule has 0 aromatic carbocycles. The molecule has 1 heterocycles. The number of hydrogen-bond acceptors (Lipinski definition) is 2. The van der Waals surface area contributed by atoms with Crippen molar-refractivity contribution in [3.05, 3.63) is 12.3 Å². The van der Waals surface area contributed by atoms with Crippen molar-refractivity contribution in [2.75, 3.05) is 0 Å². The smallest absolute Gasteiger partial charge is 0.275 e. The van der Waals surface area contributed by atoms with E-state index in [4.69, 9.17) is 0 Å². The fourth-order valence-corrected chi connectivity index (χ4v) is 1.05. The van der Waals surface area contributed by atoms with Crippen LogP contribution in [-0.4, -0.2) is 15.5 Å². The van der Waals surface area contributed by atoms with Gasteiger partial charge in [-0.3, -0.25) is 4.68 Å². The van der Waals surface area contributed by atoms with Gasteiger partial charge in [-0.1, -0.05) is 0 Å². The van der Waals surface area contributed by atoms with Crippen LogP contribution >= 0.6 is 11.8 Å². The number of halogens is 2. The molecule has 0 saturated heterocycles. The second-order valence-electron chi connectivity index (χ2n) is 1.71. The van der Waals surface area contributed by atoms with Crippen LogP contribution in [0.1, 0.15) is 0 Å². The maximum atomic E-state index is 11.6. The van der Waals surface area contributed by atoms with Crippen molar-refractivity contribution in [2.45, 2.75) is 10.8 Å². The highest BCUT2D eigenvalue weighted by Gasteiger charge is 2.06. The first-order valence-electron chi connectivity index (χ1n) is 2.63. The van der Waals surface area contributed by atoms with E-state index >= 15 is 0 Å². The predicted molar refractivity (Wildman–Crippen MR) is 35.1 cm³/mol. The molecule has 1 rings (SSSR count). The molecule has 10 heavy (non-hydrogen) atoms. The van der Waals surface area contributed by atoms with Crippen LogP contribution in [0.4, 0.5) is 8.78 Å². The molecule has 0 radical (unpaired) electrons. The van der Waals surface area contributed by atoms with Gasteiger partial charge in [-0.05, 0) is 17.8 Å². The van der Waals surface area contributed by atoms with E-state index in [0.717, 1.165) is 0 Å². The largest absolute Gasteiger partial charge is 0.290 e. The zero-order chi connectivity index (χ0) is 7.56. The summed E-state index contributed by atoms with van der Waals surface area (Å²) >= 11 is 0.454. The molecule has 0 amide bonds. The molecule has 0 fully saturated rings. The van der Waals surface area contributed by atoms with Gasteiger partial charge in [0.25, 0.3) is 5.76 Å². The van der Waals surface area contributed by atoms with Crippen LogP contribution in [0.15, 0.2) is 17.3 Å². The number of alkyl halides is 2. The van der Waals surface area contributed by atoms with E-state index in [-0.39, 0.29) is 0 Å². The van der Waals surface area contributed by atoms with E-state index < -0.39 is 5.76 Å². The summed E-state index contributed by atoms with van der Waals surface area (Å²) in [5.41, 5.74) is 0. The number of hydrogen-bond donors (Lipinski definition) is 0. The second-order valence-corrected chi connectivity index (χ2v) is 2.72. The van der Waals surface area contributed by atoms with Crippen LogP contribution in [0.25, 0.3) is 0 Å². The van der Waals surface area contributed by atoms with Gasteiger partial charge < -0.3 is 0 Å². The molecule has 1 aromatic rings. The zero-order valence-electron chi connectivity index (χ0n) is 5.29. The van der Waals surface area contributed by atoms with Gasteiger partial charge in [-0.2, -0.15) is 13.9 Å². The third-order valence-corrected chi connectivity index (χ3v) is 1.54. The molecule has 1 aromatic heterocycles. The number of aryl methyl sites for hydroxylation is 1. The third kappa shape index (κ3) is 1.98. The Balaban J connectivity index is 2.58. The minimum absolute atomic E-state index is 0.359. The van der Waals surface area contributed by atoms with E-state index in [1.54, 1.807) is 19.3 Å². The number of aromatic nitrogens is 2. The van der Waals surface area contributed by atoms with Crippen molar-refractivity contribution in [2.24, 2.45) is 7.05 Å². The second kappa shape index (κ2) is 3.01. The molecule has 0 N–H and O–H groups in total. The first-order chi connectivity index (χ1) is 4.68.